The fourth-order valence-electron chi connectivity index (χ4n) is 4.47. The van der Waals surface area contributed by atoms with Crippen molar-refractivity contribution in [1.29, 1.82) is 0 Å². The highest BCUT2D eigenvalue weighted by Gasteiger charge is 2.38. The molecule has 0 aliphatic carbocycles. The first-order chi connectivity index (χ1) is 17.7. The van der Waals surface area contributed by atoms with Gasteiger partial charge in [-0.3, -0.25) is 4.79 Å². The van der Waals surface area contributed by atoms with Crippen molar-refractivity contribution in [2.45, 2.75) is 57.5 Å². The maximum absolute atomic E-state index is 13.6. The molecule has 1 aromatic carbocycles. The minimum Gasteiger partial charge on any atom is -0.475 e. The second-order valence-corrected chi connectivity index (χ2v) is 11.6. The van der Waals surface area contributed by atoms with Gasteiger partial charge >= 0.3 is 12.1 Å². The number of amides is 1. The molecule has 2 heterocycles. The number of carbonyl (C=O) groups is 2. The lowest BCUT2D eigenvalue weighted by atomic mass is 10.1. The molecule has 0 aromatic heterocycles. The van der Waals surface area contributed by atoms with Crippen molar-refractivity contribution in [3.05, 3.63) is 28.8 Å². The van der Waals surface area contributed by atoms with Gasteiger partial charge in [-0.15, -0.1) is 0 Å². The molecule has 216 valence electrons. The van der Waals surface area contributed by atoms with Crippen LogP contribution in [0.15, 0.2) is 17.0 Å². The minimum absolute atomic E-state index is 0.0399. The van der Waals surface area contributed by atoms with E-state index in [1.807, 2.05) is 31.7 Å². The van der Waals surface area contributed by atoms with E-state index >= 15 is 0 Å². The van der Waals surface area contributed by atoms with Gasteiger partial charge in [0.25, 0.3) is 0 Å². The van der Waals surface area contributed by atoms with Crippen LogP contribution in [-0.2, 0) is 19.6 Å². The van der Waals surface area contributed by atoms with E-state index in [0.717, 1.165) is 55.8 Å². The van der Waals surface area contributed by atoms with E-state index in [1.165, 1.54) is 12.8 Å². The lowest BCUT2D eigenvalue weighted by molar-refractivity contribution is -0.192. The summed E-state index contributed by atoms with van der Waals surface area (Å²) in [6.07, 6.45) is -1.62. The number of halogens is 3. The molecule has 2 aliphatic heterocycles. The van der Waals surface area contributed by atoms with Crippen LogP contribution < -0.4 is 5.32 Å². The number of hydrogen-bond acceptors (Lipinski definition) is 6. The molecule has 0 unspecified atom stereocenters. The lowest BCUT2D eigenvalue weighted by Crippen LogP contribution is -2.47. The Balaban J connectivity index is 0.000000638. The number of hydrogen-bond donors (Lipinski definition) is 2. The van der Waals surface area contributed by atoms with Crippen LogP contribution >= 0.6 is 0 Å². The normalized spacial score (nSPS) is 16.9. The fraction of sp³-hybridized carbons (Fsp3) is 0.680. The molecule has 3 rings (SSSR count). The second kappa shape index (κ2) is 14.2. The summed E-state index contributed by atoms with van der Waals surface area (Å²) in [5.74, 6) is -2.72. The maximum Gasteiger partial charge on any atom is 0.490 e. The molecule has 1 aromatic rings. The zero-order valence-corrected chi connectivity index (χ0v) is 23.1. The molecular weight excluding hydrogens is 525 g/mol. The van der Waals surface area contributed by atoms with Crippen molar-refractivity contribution in [1.82, 2.24) is 19.4 Å². The van der Waals surface area contributed by atoms with Gasteiger partial charge in [0.1, 0.15) is 0 Å². The Morgan fingerprint density at radius 3 is 2.08 bits per heavy atom. The first kappa shape index (κ1) is 32.0. The van der Waals surface area contributed by atoms with Crippen LogP contribution in [0.5, 0.6) is 0 Å². The van der Waals surface area contributed by atoms with Crippen LogP contribution in [-0.4, -0.2) is 105 Å². The van der Waals surface area contributed by atoms with E-state index in [9.17, 15) is 26.4 Å². The van der Waals surface area contributed by atoms with Crippen molar-refractivity contribution >= 4 is 21.9 Å². The van der Waals surface area contributed by atoms with E-state index in [4.69, 9.17) is 9.90 Å². The zero-order chi connectivity index (χ0) is 28.5. The topological polar surface area (TPSA) is 110 Å². The van der Waals surface area contributed by atoms with Crippen LogP contribution in [0.25, 0.3) is 0 Å². The number of aryl methyl sites for hydroxylation is 3. The Labute approximate surface area is 223 Å². The number of alkyl halides is 3. The Morgan fingerprint density at radius 2 is 1.53 bits per heavy atom. The molecule has 2 aliphatic rings. The van der Waals surface area contributed by atoms with Gasteiger partial charge in [0.15, 0.2) is 0 Å². The van der Waals surface area contributed by atoms with E-state index in [0.29, 0.717) is 24.5 Å². The van der Waals surface area contributed by atoms with E-state index < -0.39 is 22.2 Å². The predicted octanol–water partition coefficient (Wildman–Crippen LogP) is 2.54. The van der Waals surface area contributed by atoms with Crippen molar-refractivity contribution < 1.29 is 36.3 Å². The summed E-state index contributed by atoms with van der Waals surface area (Å²) in [5.41, 5.74) is 2.82. The molecule has 0 saturated carbocycles. The molecule has 2 fully saturated rings. The standard InChI is InChI=1S/C23H38N4O3S.C2HF3O2/c1-19-17-21(3)22(18-20(19)2)31(29,30)27(13-6-12-25-10-4-5-11-25)14-7-23(28)26-15-8-24-9-16-26;3-2(4,5)1(6)7/h17-18,24H,4-16H2,1-3H3;(H,6,7). The number of nitrogens with zero attached hydrogens (tertiary/aromatic N) is 3. The molecule has 2 N–H and O–H groups in total. The highest BCUT2D eigenvalue weighted by atomic mass is 32.2. The zero-order valence-electron chi connectivity index (χ0n) is 22.3. The summed E-state index contributed by atoms with van der Waals surface area (Å²) in [7, 11) is -3.66. The van der Waals surface area contributed by atoms with Crippen LogP contribution in [0.1, 0.15) is 42.4 Å². The number of carboxylic acid groups (broad SMARTS) is 1. The third-order valence-electron chi connectivity index (χ3n) is 6.78. The van der Waals surface area contributed by atoms with Crippen molar-refractivity contribution in [3.8, 4) is 0 Å². The highest BCUT2D eigenvalue weighted by Crippen LogP contribution is 2.24. The Bertz CT molecular complexity index is 1050. The minimum atomic E-state index is -5.08. The van der Waals surface area contributed by atoms with E-state index in [1.54, 1.807) is 10.4 Å². The van der Waals surface area contributed by atoms with Gasteiger partial charge in [-0.1, -0.05) is 6.07 Å². The third kappa shape index (κ3) is 9.51. The molecule has 2 saturated heterocycles. The number of aliphatic carboxylic acids is 1. The number of carbonyl (C=O) groups excluding carboxylic acids is 1. The Hall–Kier alpha value is -2.22. The first-order valence-electron chi connectivity index (χ1n) is 12.8. The SMILES string of the molecule is Cc1cc(C)c(S(=O)(=O)N(CCCN2CCCC2)CCC(=O)N2CCNCC2)cc1C.O=C(O)C(F)(F)F. The summed E-state index contributed by atoms with van der Waals surface area (Å²) in [6, 6.07) is 3.72. The fourth-order valence-corrected chi connectivity index (χ4v) is 6.24. The summed E-state index contributed by atoms with van der Waals surface area (Å²) < 4.78 is 60.5. The smallest absolute Gasteiger partial charge is 0.475 e. The lowest BCUT2D eigenvalue weighted by Gasteiger charge is -2.29. The van der Waals surface area contributed by atoms with E-state index in [-0.39, 0.29) is 18.9 Å². The monoisotopic (exact) mass is 564 g/mol. The van der Waals surface area contributed by atoms with Crippen molar-refractivity contribution in [2.24, 2.45) is 0 Å². The molecule has 0 spiro atoms. The Morgan fingerprint density at radius 1 is 0.974 bits per heavy atom. The van der Waals surface area contributed by atoms with Gasteiger partial charge in [0, 0.05) is 45.7 Å². The number of rotatable bonds is 9. The van der Waals surface area contributed by atoms with Gasteiger partial charge in [-0.25, -0.2) is 13.2 Å². The molecule has 13 heteroatoms. The van der Waals surface area contributed by atoms with Crippen LogP contribution in [0.2, 0.25) is 0 Å². The highest BCUT2D eigenvalue weighted by molar-refractivity contribution is 7.89. The van der Waals surface area contributed by atoms with Gasteiger partial charge in [-0.05, 0) is 82.4 Å². The maximum atomic E-state index is 13.6. The molecule has 38 heavy (non-hydrogen) atoms. The number of sulfonamides is 1. The largest absolute Gasteiger partial charge is 0.490 e. The summed E-state index contributed by atoms with van der Waals surface area (Å²) in [5, 5.41) is 10.4. The molecule has 1 amide bonds. The van der Waals surface area contributed by atoms with Crippen LogP contribution in [0.4, 0.5) is 13.2 Å². The van der Waals surface area contributed by atoms with Crippen molar-refractivity contribution in [2.75, 3.05) is 58.9 Å². The summed E-state index contributed by atoms with van der Waals surface area (Å²) in [6.45, 7) is 12.6. The summed E-state index contributed by atoms with van der Waals surface area (Å²) >= 11 is 0. The molecule has 0 atom stereocenters. The number of carboxylic acids is 1. The number of benzene rings is 1. The molecular formula is C25H39F3N4O5S. The number of nitrogens with one attached hydrogen (secondary N) is 1. The molecule has 9 nitrogen and oxygen atoms in total. The number of piperazine rings is 1. The second-order valence-electron chi connectivity index (χ2n) is 9.69. The predicted molar refractivity (Wildman–Crippen MR) is 137 cm³/mol. The average molecular weight is 565 g/mol. The van der Waals surface area contributed by atoms with E-state index in [2.05, 4.69) is 10.2 Å². The van der Waals surface area contributed by atoms with Gasteiger partial charge in [0.2, 0.25) is 15.9 Å². The average Bonchev–Trinajstić information content (AvgIpc) is 3.37. The number of likely N-dealkylation sites (tertiary alicyclic amines) is 1. The molecule has 0 bridgehead atoms. The van der Waals surface area contributed by atoms with Gasteiger partial charge in [-0.2, -0.15) is 17.5 Å². The van der Waals surface area contributed by atoms with Crippen LogP contribution in [0.3, 0.4) is 0 Å². The molecule has 0 radical (unpaired) electrons. The van der Waals surface area contributed by atoms with Crippen LogP contribution in [0, 0.1) is 20.8 Å². The van der Waals surface area contributed by atoms with Crippen molar-refractivity contribution in [3.63, 3.8) is 0 Å². The third-order valence-corrected chi connectivity index (χ3v) is 8.82. The van der Waals surface area contributed by atoms with Gasteiger partial charge in [0.05, 0.1) is 4.90 Å². The quantitative estimate of drug-likeness (QED) is 0.474. The first-order valence-corrected chi connectivity index (χ1v) is 14.3. The Kier molecular flexibility index (Phi) is 12.0. The van der Waals surface area contributed by atoms with Gasteiger partial charge < -0.3 is 20.2 Å². The summed E-state index contributed by atoms with van der Waals surface area (Å²) in [4.78, 5) is 26.2.